The van der Waals surface area contributed by atoms with Crippen LogP contribution in [0.2, 0.25) is 0 Å². The van der Waals surface area contributed by atoms with Crippen molar-refractivity contribution in [3.8, 4) is 0 Å². The standard InChI is InChI=1S/C11H17N3/c1-8(2)11(12)14-9(3)10-6-4-5-7-13-10/h4-9H,1-3H3,(H2,12,14). The number of hydrogen-bond acceptors (Lipinski definition) is 2. The van der Waals surface area contributed by atoms with Crippen LogP contribution in [0.15, 0.2) is 29.4 Å². The summed E-state index contributed by atoms with van der Waals surface area (Å²) >= 11 is 0. The van der Waals surface area contributed by atoms with Gasteiger partial charge < -0.3 is 5.73 Å². The molecule has 3 heteroatoms. The zero-order valence-electron chi connectivity index (χ0n) is 8.94. The smallest absolute Gasteiger partial charge is 0.0971 e. The number of pyridine rings is 1. The molecule has 14 heavy (non-hydrogen) atoms. The molecule has 3 nitrogen and oxygen atoms in total. The maximum absolute atomic E-state index is 5.78. The van der Waals surface area contributed by atoms with Crippen LogP contribution in [0.1, 0.15) is 32.5 Å². The molecule has 0 saturated carbocycles. The summed E-state index contributed by atoms with van der Waals surface area (Å²) < 4.78 is 0. The highest BCUT2D eigenvalue weighted by atomic mass is 14.9. The van der Waals surface area contributed by atoms with Crippen molar-refractivity contribution in [1.82, 2.24) is 4.98 Å². The van der Waals surface area contributed by atoms with Crippen molar-refractivity contribution in [3.05, 3.63) is 30.1 Å². The lowest BCUT2D eigenvalue weighted by atomic mass is 10.2. The summed E-state index contributed by atoms with van der Waals surface area (Å²) in [5.74, 6) is 0.976. The second kappa shape index (κ2) is 4.74. The minimum atomic E-state index is 0.0404. The van der Waals surface area contributed by atoms with Gasteiger partial charge in [-0.2, -0.15) is 0 Å². The Balaban J connectivity index is 2.77. The Bertz CT molecular complexity index is 304. The van der Waals surface area contributed by atoms with Gasteiger partial charge in [-0.3, -0.25) is 9.98 Å². The molecule has 2 N–H and O–H groups in total. The molecule has 0 bridgehead atoms. The third-order valence-electron chi connectivity index (χ3n) is 2.05. The van der Waals surface area contributed by atoms with Gasteiger partial charge in [0.05, 0.1) is 17.6 Å². The van der Waals surface area contributed by atoms with Gasteiger partial charge in [-0.1, -0.05) is 19.9 Å². The van der Waals surface area contributed by atoms with Gasteiger partial charge in [0.2, 0.25) is 0 Å². The molecule has 0 saturated heterocycles. The van der Waals surface area contributed by atoms with Crippen molar-refractivity contribution in [2.45, 2.75) is 26.8 Å². The Labute approximate surface area is 85.1 Å². The lowest BCUT2D eigenvalue weighted by Gasteiger charge is -2.09. The average molecular weight is 191 g/mol. The van der Waals surface area contributed by atoms with Gasteiger partial charge >= 0.3 is 0 Å². The van der Waals surface area contributed by atoms with Gasteiger partial charge in [-0.25, -0.2) is 0 Å². The lowest BCUT2D eigenvalue weighted by molar-refractivity contribution is 0.755. The number of amidine groups is 1. The molecule has 0 aliphatic rings. The van der Waals surface area contributed by atoms with E-state index in [1.807, 2.05) is 39.0 Å². The highest BCUT2D eigenvalue weighted by Crippen LogP contribution is 2.13. The Morgan fingerprint density at radius 2 is 2.07 bits per heavy atom. The molecule has 1 rings (SSSR count). The second-order valence-electron chi connectivity index (χ2n) is 3.64. The van der Waals surface area contributed by atoms with E-state index in [0.29, 0.717) is 11.8 Å². The van der Waals surface area contributed by atoms with Crippen LogP contribution >= 0.6 is 0 Å². The maximum Gasteiger partial charge on any atom is 0.0971 e. The minimum absolute atomic E-state index is 0.0404. The Kier molecular flexibility index (Phi) is 3.63. The molecule has 1 aromatic heterocycles. The monoisotopic (exact) mass is 191 g/mol. The van der Waals surface area contributed by atoms with Gasteiger partial charge in [0.25, 0.3) is 0 Å². The number of nitrogens with zero attached hydrogens (tertiary/aromatic N) is 2. The molecule has 0 aliphatic carbocycles. The van der Waals surface area contributed by atoms with E-state index in [1.165, 1.54) is 0 Å². The molecule has 1 atom stereocenters. The molecule has 1 aromatic rings. The number of aliphatic imine (C=N–C) groups is 1. The Morgan fingerprint density at radius 3 is 2.57 bits per heavy atom. The fourth-order valence-electron chi connectivity index (χ4n) is 1.06. The quantitative estimate of drug-likeness (QED) is 0.588. The summed E-state index contributed by atoms with van der Waals surface area (Å²) in [6.45, 7) is 6.06. The van der Waals surface area contributed by atoms with E-state index in [9.17, 15) is 0 Å². The predicted octanol–water partition coefficient (Wildman–Crippen LogP) is 2.16. The molecule has 0 radical (unpaired) electrons. The molecule has 1 heterocycles. The number of rotatable bonds is 3. The highest BCUT2D eigenvalue weighted by Gasteiger charge is 2.06. The average Bonchev–Trinajstić information content (AvgIpc) is 2.19. The van der Waals surface area contributed by atoms with Crippen LogP contribution in [0.4, 0.5) is 0 Å². The lowest BCUT2D eigenvalue weighted by Crippen LogP contribution is -2.19. The first-order valence-electron chi connectivity index (χ1n) is 4.85. The molecular formula is C11H17N3. The molecule has 0 amide bonds. The van der Waals surface area contributed by atoms with Crippen LogP contribution in [-0.2, 0) is 0 Å². The van der Waals surface area contributed by atoms with Crippen molar-refractivity contribution in [2.24, 2.45) is 16.6 Å². The Hall–Kier alpha value is -1.38. The molecule has 1 unspecified atom stereocenters. The molecule has 0 fully saturated rings. The van der Waals surface area contributed by atoms with Gasteiger partial charge in [-0.05, 0) is 19.1 Å². The van der Waals surface area contributed by atoms with Gasteiger partial charge in [-0.15, -0.1) is 0 Å². The van der Waals surface area contributed by atoms with E-state index in [1.54, 1.807) is 6.20 Å². The molecule has 0 spiro atoms. The van der Waals surface area contributed by atoms with Crippen LogP contribution in [-0.4, -0.2) is 10.8 Å². The van der Waals surface area contributed by atoms with Crippen molar-refractivity contribution < 1.29 is 0 Å². The third-order valence-corrected chi connectivity index (χ3v) is 2.05. The summed E-state index contributed by atoms with van der Waals surface area (Å²) in [7, 11) is 0. The minimum Gasteiger partial charge on any atom is -0.387 e. The van der Waals surface area contributed by atoms with Crippen LogP contribution in [0.25, 0.3) is 0 Å². The van der Waals surface area contributed by atoms with Crippen LogP contribution in [0.5, 0.6) is 0 Å². The van der Waals surface area contributed by atoms with Crippen molar-refractivity contribution in [2.75, 3.05) is 0 Å². The first-order valence-corrected chi connectivity index (χ1v) is 4.85. The van der Waals surface area contributed by atoms with E-state index >= 15 is 0 Å². The summed E-state index contributed by atoms with van der Waals surface area (Å²) in [6, 6.07) is 5.85. The number of aromatic nitrogens is 1. The zero-order valence-corrected chi connectivity index (χ0v) is 8.94. The SMILES string of the molecule is CC(C)C(N)=NC(C)c1ccccn1. The zero-order chi connectivity index (χ0) is 10.6. The molecule has 0 aromatic carbocycles. The topological polar surface area (TPSA) is 51.3 Å². The highest BCUT2D eigenvalue weighted by molar-refractivity contribution is 5.82. The third kappa shape index (κ3) is 2.83. The summed E-state index contributed by atoms with van der Waals surface area (Å²) in [4.78, 5) is 8.61. The van der Waals surface area contributed by atoms with E-state index in [0.717, 1.165) is 5.69 Å². The Morgan fingerprint density at radius 1 is 1.36 bits per heavy atom. The van der Waals surface area contributed by atoms with Gasteiger partial charge in [0, 0.05) is 12.1 Å². The van der Waals surface area contributed by atoms with E-state index in [2.05, 4.69) is 9.98 Å². The summed E-state index contributed by atoms with van der Waals surface area (Å²) in [5.41, 5.74) is 6.73. The normalized spacial score (nSPS) is 14.4. The van der Waals surface area contributed by atoms with Gasteiger partial charge in [0.1, 0.15) is 0 Å². The fourth-order valence-corrected chi connectivity index (χ4v) is 1.06. The van der Waals surface area contributed by atoms with Crippen molar-refractivity contribution in [3.63, 3.8) is 0 Å². The predicted molar refractivity (Wildman–Crippen MR) is 59.1 cm³/mol. The fraction of sp³-hybridized carbons (Fsp3) is 0.455. The largest absolute Gasteiger partial charge is 0.387 e. The summed E-state index contributed by atoms with van der Waals surface area (Å²) in [5, 5.41) is 0. The van der Waals surface area contributed by atoms with Crippen molar-refractivity contribution in [1.29, 1.82) is 0 Å². The summed E-state index contributed by atoms with van der Waals surface area (Å²) in [6.07, 6.45) is 1.77. The van der Waals surface area contributed by atoms with E-state index < -0.39 is 0 Å². The van der Waals surface area contributed by atoms with Crippen molar-refractivity contribution >= 4 is 5.84 Å². The molecule has 76 valence electrons. The van der Waals surface area contributed by atoms with Crippen LogP contribution in [0, 0.1) is 5.92 Å². The van der Waals surface area contributed by atoms with Gasteiger partial charge in [0.15, 0.2) is 0 Å². The molecular weight excluding hydrogens is 174 g/mol. The second-order valence-corrected chi connectivity index (χ2v) is 3.64. The first-order chi connectivity index (χ1) is 6.61. The van der Waals surface area contributed by atoms with Crippen LogP contribution in [0.3, 0.4) is 0 Å². The molecule has 0 aliphatic heterocycles. The first kappa shape index (κ1) is 10.7. The number of hydrogen-bond donors (Lipinski definition) is 1. The van der Waals surface area contributed by atoms with E-state index in [-0.39, 0.29) is 6.04 Å². The maximum atomic E-state index is 5.78. The van der Waals surface area contributed by atoms with Crippen LogP contribution < -0.4 is 5.73 Å². The number of nitrogens with two attached hydrogens (primary N) is 1. The van der Waals surface area contributed by atoms with E-state index in [4.69, 9.17) is 5.73 Å².